The van der Waals surface area contributed by atoms with E-state index in [1.165, 1.54) is 18.9 Å². The highest BCUT2D eigenvalue weighted by molar-refractivity contribution is 7.99. The molecule has 218 valence electrons. The number of aromatic nitrogens is 2. The summed E-state index contributed by atoms with van der Waals surface area (Å²) in [6.45, 7) is 0.295. The van der Waals surface area contributed by atoms with Gasteiger partial charge in [-0.1, -0.05) is 23.9 Å². The van der Waals surface area contributed by atoms with Gasteiger partial charge in [-0.15, -0.1) is 0 Å². The number of nitrogens with zero attached hydrogens (tertiary/aromatic N) is 3. The summed E-state index contributed by atoms with van der Waals surface area (Å²) in [7, 11) is 8.04. The van der Waals surface area contributed by atoms with Crippen LogP contribution < -0.4 is 19.9 Å². The molecule has 1 amide bonds. The second-order valence-electron chi connectivity index (χ2n) is 9.96. The first-order chi connectivity index (χ1) is 19.8. The molecule has 0 unspecified atom stereocenters. The Hall–Kier alpha value is -3.90. The van der Waals surface area contributed by atoms with E-state index < -0.39 is 12.0 Å². The smallest absolute Gasteiger partial charge is 0.410 e. The zero-order valence-electron chi connectivity index (χ0n) is 23.7. The molecule has 5 rings (SSSR count). The van der Waals surface area contributed by atoms with Crippen LogP contribution >= 0.6 is 11.8 Å². The molecule has 3 atom stereocenters. The fourth-order valence-electron chi connectivity index (χ4n) is 5.54. The van der Waals surface area contributed by atoms with Crippen molar-refractivity contribution in [1.82, 2.24) is 14.5 Å². The van der Waals surface area contributed by atoms with Crippen LogP contribution in [0.5, 0.6) is 17.2 Å². The van der Waals surface area contributed by atoms with Gasteiger partial charge in [-0.3, -0.25) is 9.69 Å². The lowest BCUT2D eigenvalue weighted by atomic mass is 9.85. The first-order valence-corrected chi connectivity index (χ1v) is 14.0. The minimum Gasteiger partial charge on any atom is -0.497 e. The number of nitrogens with two attached hydrogens (primary N) is 1. The molecular weight excluding hydrogens is 548 g/mol. The molecule has 12 heteroatoms. The fourth-order valence-corrected chi connectivity index (χ4v) is 6.74. The maximum Gasteiger partial charge on any atom is 0.410 e. The highest BCUT2D eigenvalue weighted by Crippen LogP contribution is 2.51. The maximum atomic E-state index is 13.0. The van der Waals surface area contributed by atoms with Gasteiger partial charge in [0.05, 0.1) is 57.4 Å². The molecule has 0 spiro atoms. The normalized spacial score (nSPS) is 18.3. The number of benzene rings is 2. The summed E-state index contributed by atoms with van der Waals surface area (Å²) in [5.41, 5.74) is 9.87. The van der Waals surface area contributed by atoms with Crippen molar-refractivity contribution >= 4 is 23.8 Å². The molecule has 1 aromatic heterocycles. The van der Waals surface area contributed by atoms with Crippen LogP contribution in [0.2, 0.25) is 0 Å². The highest BCUT2D eigenvalue weighted by atomic mass is 32.2. The molecule has 2 aromatic carbocycles. The number of methoxy groups -OCH3 is 4. The molecule has 3 aromatic rings. The highest BCUT2D eigenvalue weighted by Gasteiger charge is 2.46. The Morgan fingerprint density at radius 1 is 1.15 bits per heavy atom. The zero-order valence-corrected chi connectivity index (χ0v) is 24.5. The second kappa shape index (κ2) is 11.9. The molecule has 11 nitrogen and oxygen atoms in total. The van der Waals surface area contributed by atoms with Gasteiger partial charge in [0.25, 0.3) is 0 Å². The molecule has 0 bridgehead atoms. The Labute approximate surface area is 242 Å². The predicted molar refractivity (Wildman–Crippen MR) is 151 cm³/mol. The van der Waals surface area contributed by atoms with Crippen molar-refractivity contribution in [2.75, 3.05) is 35.0 Å². The van der Waals surface area contributed by atoms with Gasteiger partial charge in [0, 0.05) is 25.1 Å². The summed E-state index contributed by atoms with van der Waals surface area (Å²) < 4.78 is 29.3. The largest absolute Gasteiger partial charge is 0.497 e. The van der Waals surface area contributed by atoms with E-state index >= 15 is 0 Å². The molecule has 1 fully saturated rings. The van der Waals surface area contributed by atoms with E-state index in [1.54, 1.807) is 27.7 Å². The summed E-state index contributed by atoms with van der Waals surface area (Å²) in [4.78, 5) is 32.4. The third kappa shape index (κ3) is 5.41. The Morgan fingerprint density at radius 3 is 2.54 bits per heavy atom. The van der Waals surface area contributed by atoms with Gasteiger partial charge in [-0.05, 0) is 36.1 Å². The van der Waals surface area contributed by atoms with E-state index in [-0.39, 0.29) is 24.6 Å². The van der Waals surface area contributed by atoms with E-state index in [2.05, 4.69) is 4.98 Å². The first kappa shape index (κ1) is 28.6. The average molecular weight is 583 g/mol. The number of carbonyl (C=O) groups excluding carboxylic acids is 2. The van der Waals surface area contributed by atoms with Crippen LogP contribution in [0.1, 0.15) is 28.4 Å². The number of hydrogen-bond acceptors (Lipinski definition) is 10. The van der Waals surface area contributed by atoms with E-state index in [0.717, 1.165) is 33.0 Å². The van der Waals surface area contributed by atoms with Gasteiger partial charge in [0.2, 0.25) is 0 Å². The van der Waals surface area contributed by atoms with Gasteiger partial charge >= 0.3 is 12.1 Å². The van der Waals surface area contributed by atoms with Crippen molar-refractivity contribution in [2.45, 2.75) is 47.3 Å². The molecule has 0 radical (unpaired) electrons. The van der Waals surface area contributed by atoms with Crippen LogP contribution in [0.25, 0.3) is 0 Å². The predicted octanol–water partition coefficient (Wildman–Crippen LogP) is 3.30. The maximum absolute atomic E-state index is 13.0. The lowest BCUT2D eigenvalue weighted by Crippen LogP contribution is -2.43. The lowest BCUT2D eigenvalue weighted by molar-refractivity contribution is -0.142. The van der Waals surface area contributed by atoms with Gasteiger partial charge < -0.3 is 34.0 Å². The summed E-state index contributed by atoms with van der Waals surface area (Å²) in [6, 6.07) is 8.37. The van der Waals surface area contributed by atoms with Crippen LogP contribution in [0.3, 0.4) is 0 Å². The minimum absolute atomic E-state index is 0.148. The number of cyclic esters (lactones) is 1. The Bertz CT molecular complexity index is 1440. The number of aryl methyl sites for hydroxylation is 1. The summed E-state index contributed by atoms with van der Waals surface area (Å²) in [6.07, 6.45) is 2.72. The summed E-state index contributed by atoms with van der Waals surface area (Å²) in [5.74, 6) is 1.53. The average Bonchev–Trinajstić information content (AvgIpc) is 3.54. The standard InChI is InChI=1S/C29H34N4O7S/c1-32-15-31-27(22(32)12-20(30)28(34)39-5)41-26-19-11-17-14-40-29(35)33(17)21(10-16-6-8-18(36-2)9-7-16)25(19)23(37-3)13-24(26)38-4/h6-9,13,15,17,20-21H,10-12,14,30H2,1-5H3/t17-,20+,21-/m0/s1. The third-order valence-corrected chi connectivity index (χ3v) is 8.81. The van der Waals surface area contributed by atoms with Crippen LogP contribution in [-0.4, -0.2) is 73.6 Å². The summed E-state index contributed by atoms with van der Waals surface area (Å²) >= 11 is 1.45. The zero-order chi connectivity index (χ0) is 29.3. The number of imidazole rings is 1. The number of amides is 1. The Balaban J connectivity index is 1.61. The van der Waals surface area contributed by atoms with Gasteiger partial charge in [-0.2, -0.15) is 0 Å². The van der Waals surface area contributed by atoms with E-state index in [4.69, 9.17) is 29.4 Å². The number of esters is 1. The van der Waals surface area contributed by atoms with Crippen LogP contribution in [0.15, 0.2) is 46.6 Å². The van der Waals surface area contributed by atoms with Gasteiger partial charge in [-0.25, -0.2) is 9.78 Å². The van der Waals surface area contributed by atoms with Crippen molar-refractivity contribution in [3.05, 3.63) is 59.0 Å². The second-order valence-corrected chi connectivity index (χ2v) is 11.0. The van der Waals surface area contributed by atoms with E-state index in [9.17, 15) is 9.59 Å². The quantitative estimate of drug-likeness (QED) is 0.356. The third-order valence-electron chi connectivity index (χ3n) is 7.63. The Kier molecular flexibility index (Phi) is 8.32. The molecule has 3 heterocycles. The van der Waals surface area contributed by atoms with Gasteiger partial charge in [0.15, 0.2) is 0 Å². The van der Waals surface area contributed by atoms with Crippen molar-refractivity contribution in [1.29, 1.82) is 0 Å². The monoisotopic (exact) mass is 582 g/mol. The topological polar surface area (TPSA) is 127 Å². The minimum atomic E-state index is -0.828. The van der Waals surface area contributed by atoms with Crippen molar-refractivity contribution < 1.29 is 33.3 Å². The van der Waals surface area contributed by atoms with Crippen molar-refractivity contribution in [3.8, 4) is 17.2 Å². The number of ether oxygens (including phenoxy) is 5. The van der Waals surface area contributed by atoms with Crippen LogP contribution in [-0.2, 0) is 40.6 Å². The fraction of sp³-hybridized carbons (Fsp3) is 0.414. The van der Waals surface area contributed by atoms with E-state index in [0.29, 0.717) is 36.0 Å². The Morgan fingerprint density at radius 2 is 1.88 bits per heavy atom. The van der Waals surface area contributed by atoms with Crippen molar-refractivity contribution in [3.63, 3.8) is 0 Å². The molecule has 0 aliphatic carbocycles. The molecule has 1 saturated heterocycles. The molecule has 41 heavy (non-hydrogen) atoms. The van der Waals surface area contributed by atoms with Crippen LogP contribution in [0.4, 0.5) is 4.79 Å². The SMILES string of the molecule is COC(=O)[C@H](N)Cc1c(Sc2c(OC)cc(OC)c3c2C[C@H]2COC(=O)N2[C@H]3Cc2ccc(OC)cc2)ncn1C. The number of fused-ring (bicyclic) bond motifs is 2. The van der Waals surface area contributed by atoms with Gasteiger partial charge in [0.1, 0.15) is 34.9 Å². The van der Waals surface area contributed by atoms with E-state index in [1.807, 2.05) is 46.8 Å². The van der Waals surface area contributed by atoms with Crippen molar-refractivity contribution in [2.24, 2.45) is 12.8 Å². The number of hydrogen-bond donors (Lipinski definition) is 1. The van der Waals surface area contributed by atoms with Crippen LogP contribution in [0, 0.1) is 0 Å². The molecular formula is C29H34N4O7S. The molecule has 0 saturated carbocycles. The summed E-state index contributed by atoms with van der Waals surface area (Å²) in [5, 5.41) is 0.699. The number of carbonyl (C=O) groups is 2. The molecule has 2 aliphatic rings. The molecule has 2 N–H and O–H groups in total. The number of rotatable bonds is 10. The first-order valence-electron chi connectivity index (χ1n) is 13.2. The molecule has 2 aliphatic heterocycles. The lowest BCUT2D eigenvalue weighted by Gasteiger charge is -2.39.